The Morgan fingerprint density at radius 1 is 1.41 bits per heavy atom. The quantitative estimate of drug-likeness (QED) is 0.753. The zero-order valence-electron chi connectivity index (χ0n) is 11.1. The minimum Gasteiger partial charge on any atom is -0.292 e. The number of aromatic nitrogens is 2. The smallest absolute Gasteiger partial charge is 0.183 e. The molecule has 0 amide bonds. The summed E-state index contributed by atoms with van der Waals surface area (Å²) in [5, 5.41) is 4.25. The number of carbonyl (C=O) groups is 1. The van der Waals surface area contributed by atoms with Gasteiger partial charge in [-0.3, -0.25) is 9.48 Å². The molecule has 0 saturated heterocycles. The molecule has 0 unspecified atom stereocenters. The molecule has 3 heteroatoms. The van der Waals surface area contributed by atoms with E-state index in [-0.39, 0.29) is 5.92 Å². The van der Waals surface area contributed by atoms with Crippen LogP contribution in [-0.4, -0.2) is 15.6 Å². The number of Topliss-reactive ketones (excluding diaryl/α,β-unsaturated/α-hetero) is 1. The average molecular weight is 234 g/mol. The molecule has 1 aromatic rings. The van der Waals surface area contributed by atoms with E-state index >= 15 is 0 Å². The maximum absolute atomic E-state index is 12.4. The summed E-state index contributed by atoms with van der Waals surface area (Å²) in [5.74, 6) is 1.36. The molecule has 0 radical (unpaired) electrons. The fourth-order valence-electron chi connectivity index (χ4n) is 2.88. The molecule has 0 bridgehead atoms. The van der Waals surface area contributed by atoms with Gasteiger partial charge in [0.2, 0.25) is 0 Å². The van der Waals surface area contributed by atoms with Gasteiger partial charge in [-0.15, -0.1) is 0 Å². The van der Waals surface area contributed by atoms with Gasteiger partial charge >= 0.3 is 0 Å². The second-order valence-electron chi connectivity index (χ2n) is 5.28. The van der Waals surface area contributed by atoms with E-state index in [1.165, 1.54) is 19.3 Å². The van der Waals surface area contributed by atoms with E-state index in [2.05, 4.69) is 12.0 Å². The molecule has 0 spiro atoms. The number of nitrogens with zero attached hydrogens (tertiary/aromatic N) is 2. The van der Waals surface area contributed by atoms with Crippen molar-refractivity contribution in [3.05, 3.63) is 17.5 Å². The molecule has 1 aliphatic carbocycles. The van der Waals surface area contributed by atoms with E-state index in [1.54, 1.807) is 4.68 Å². The SMILES string of the molecule is CCC1CCC(C(=O)c2cc(C)nn2C)CC1. The van der Waals surface area contributed by atoms with Gasteiger partial charge in [0, 0.05) is 13.0 Å². The molecule has 2 rings (SSSR count). The van der Waals surface area contributed by atoms with E-state index in [0.717, 1.165) is 30.1 Å². The lowest BCUT2D eigenvalue weighted by Crippen LogP contribution is -2.23. The second kappa shape index (κ2) is 5.03. The highest BCUT2D eigenvalue weighted by Gasteiger charge is 2.27. The number of aryl methyl sites for hydroxylation is 2. The molecule has 1 saturated carbocycles. The van der Waals surface area contributed by atoms with Gasteiger partial charge in [-0.1, -0.05) is 13.3 Å². The minimum atomic E-state index is 0.229. The highest BCUT2D eigenvalue weighted by atomic mass is 16.1. The maximum atomic E-state index is 12.4. The minimum absolute atomic E-state index is 0.229. The van der Waals surface area contributed by atoms with Crippen molar-refractivity contribution in [2.24, 2.45) is 18.9 Å². The largest absolute Gasteiger partial charge is 0.292 e. The topological polar surface area (TPSA) is 34.9 Å². The highest BCUT2D eigenvalue weighted by molar-refractivity contribution is 5.96. The Labute approximate surface area is 103 Å². The number of carbonyl (C=O) groups excluding carboxylic acids is 1. The van der Waals surface area contributed by atoms with Crippen molar-refractivity contribution >= 4 is 5.78 Å². The number of rotatable bonds is 3. The van der Waals surface area contributed by atoms with Crippen LogP contribution in [0.15, 0.2) is 6.07 Å². The molecule has 1 fully saturated rings. The van der Waals surface area contributed by atoms with Crippen molar-refractivity contribution in [2.45, 2.75) is 46.0 Å². The second-order valence-corrected chi connectivity index (χ2v) is 5.28. The normalized spacial score (nSPS) is 24.9. The number of hydrogen-bond acceptors (Lipinski definition) is 2. The molecule has 1 aromatic heterocycles. The third-order valence-corrected chi connectivity index (χ3v) is 4.05. The van der Waals surface area contributed by atoms with Crippen LogP contribution in [0.25, 0.3) is 0 Å². The summed E-state index contributed by atoms with van der Waals surface area (Å²) in [6.45, 7) is 4.18. The van der Waals surface area contributed by atoms with E-state index in [0.29, 0.717) is 5.78 Å². The maximum Gasteiger partial charge on any atom is 0.183 e. The molecular weight excluding hydrogens is 212 g/mol. The fourth-order valence-corrected chi connectivity index (χ4v) is 2.88. The van der Waals surface area contributed by atoms with E-state index in [9.17, 15) is 4.79 Å². The van der Waals surface area contributed by atoms with Gasteiger partial charge < -0.3 is 0 Å². The van der Waals surface area contributed by atoms with Gasteiger partial charge in [-0.05, 0) is 44.6 Å². The van der Waals surface area contributed by atoms with Crippen LogP contribution < -0.4 is 0 Å². The summed E-state index contributed by atoms with van der Waals surface area (Å²) in [6.07, 6.45) is 5.79. The molecule has 17 heavy (non-hydrogen) atoms. The summed E-state index contributed by atoms with van der Waals surface area (Å²) in [5.41, 5.74) is 1.71. The first-order chi connectivity index (χ1) is 8.11. The summed E-state index contributed by atoms with van der Waals surface area (Å²) >= 11 is 0. The lowest BCUT2D eigenvalue weighted by molar-refractivity contribution is 0.0861. The van der Waals surface area contributed by atoms with Crippen LogP contribution >= 0.6 is 0 Å². The van der Waals surface area contributed by atoms with Crippen molar-refractivity contribution < 1.29 is 4.79 Å². The standard InChI is InChI=1S/C14H22N2O/c1-4-11-5-7-12(8-6-11)14(17)13-9-10(2)15-16(13)3/h9,11-12H,4-8H2,1-3H3. The zero-order chi connectivity index (χ0) is 12.4. The molecule has 3 nitrogen and oxygen atoms in total. The van der Waals surface area contributed by atoms with Crippen molar-refractivity contribution in [2.75, 3.05) is 0 Å². The Hall–Kier alpha value is -1.12. The first-order valence-electron chi connectivity index (χ1n) is 6.66. The Morgan fingerprint density at radius 2 is 2.06 bits per heavy atom. The lowest BCUT2D eigenvalue weighted by Gasteiger charge is -2.26. The lowest BCUT2D eigenvalue weighted by atomic mass is 9.78. The van der Waals surface area contributed by atoms with Gasteiger partial charge in [0.25, 0.3) is 0 Å². The third kappa shape index (κ3) is 2.59. The van der Waals surface area contributed by atoms with Gasteiger partial charge in [-0.25, -0.2) is 0 Å². The van der Waals surface area contributed by atoms with E-state index in [4.69, 9.17) is 0 Å². The van der Waals surface area contributed by atoms with E-state index in [1.807, 2.05) is 20.0 Å². The summed E-state index contributed by atoms with van der Waals surface area (Å²) in [6, 6.07) is 1.91. The summed E-state index contributed by atoms with van der Waals surface area (Å²) in [7, 11) is 1.86. The third-order valence-electron chi connectivity index (χ3n) is 4.05. The Kier molecular flexibility index (Phi) is 3.65. The molecule has 0 N–H and O–H groups in total. The van der Waals surface area contributed by atoms with Gasteiger partial charge in [0.1, 0.15) is 5.69 Å². The number of ketones is 1. The molecule has 0 atom stereocenters. The molecule has 0 aromatic carbocycles. The predicted molar refractivity (Wildman–Crippen MR) is 68.0 cm³/mol. The monoisotopic (exact) mass is 234 g/mol. The van der Waals surface area contributed by atoms with Crippen molar-refractivity contribution in [3.8, 4) is 0 Å². The predicted octanol–water partition coefficient (Wildman–Crippen LogP) is 3.13. The Balaban J connectivity index is 2.04. The summed E-state index contributed by atoms with van der Waals surface area (Å²) < 4.78 is 1.73. The van der Waals surface area contributed by atoms with E-state index < -0.39 is 0 Å². The van der Waals surface area contributed by atoms with Crippen LogP contribution in [0.3, 0.4) is 0 Å². The molecule has 0 aliphatic heterocycles. The van der Waals surface area contributed by atoms with Gasteiger partial charge in [-0.2, -0.15) is 5.10 Å². The van der Waals surface area contributed by atoms with Gasteiger partial charge in [0.05, 0.1) is 5.69 Å². The molecule has 1 aliphatic rings. The number of hydrogen-bond donors (Lipinski definition) is 0. The van der Waals surface area contributed by atoms with Crippen molar-refractivity contribution in [1.82, 2.24) is 9.78 Å². The highest BCUT2D eigenvalue weighted by Crippen LogP contribution is 2.32. The van der Waals surface area contributed by atoms with Crippen LogP contribution in [0.2, 0.25) is 0 Å². The van der Waals surface area contributed by atoms with Crippen molar-refractivity contribution in [1.29, 1.82) is 0 Å². The summed E-state index contributed by atoms with van der Waals surface area (Å²) in [4.78, 5) is 12.4. The Bertz CT molecular complexity index is 400. The van der Waals surface area contributed by atoms with Crippen LogP contribution in [0, 0.1) is 18.8 Å². The van der Waals surface area contributed by atoms with Crippen LogP contribution in [0.4, 0.5) is 0 Å². The van der Waals surface area contributed by atoms with Crippen molar-refractivity contribution in [3.63, 3.8) is 0 Å². The first-order valence-corrected chi connectivity index (χ1v) is 6.66. The average Bonchev–Trinajstić information content (AvgIpc) is 2.68. The van der Waals surface area contributed by atoms with Gasteiger partial charge in [0.15, 0.2) is 5.78 Å². The first kappa shape index (κ1) is 12.3. The fraction of sp³-hybridized carbons (Fsp3) is 0.714. The van der Waals surface area contributed by atoms with Crippen LogP contribution in [0.1, 0.15) is 55.2 Å². The Morgan fingerprint density at radius 3 is 2.53 bits per heavy atom. The van der Waals surface area contributed by atoms with Crippen LogP contribution in [-0.2, 0) is 7.05 Å². The molecule has 94 valence electrons. The molecular formula is C14H22N2O. The zero-order valence-corrected chi connectivity index (χ0v) is 11.1. The molecule has 1 heterocycles. The van der Waals surface area contributed by atoms with Crippen LogP contribution in [0.5, 0.6) is 0 Å².